The number of hydrogen-bond acceptors (Lipinski definition) is 4. The molecule has 36 heavy (non-hydrogen) atoms. The first-order chi connectivity index (χ1) is 17.4. The van der Waals surface area contributed by atoms with Crippen molar-refractivity contribution in [3.8, 4) is 11.5 Å². The second kappa shape index (κ2) is 11.5. The summed E-state index contributed by atoms with van der Waals surface area (Å²) in [6, 6.07) is 21.1. The molecule has 0 fully saturated rings. The van der Waals surface area contributed by atoms with Crippen LogP contribution in [0.25, 0.3) is 23.1 Å². The third-order valence-corrected chi connectivity index (χ3v) is 7.60. The molecule has 0 amide bonds. The van der Waals surface area contributed by atoms with Crippen molar-refractivity contribution in [1.29, 1.82) is 0 Å². The summed E-state index contributed by atoms with van der Waals surface area (Å²) in [5.74, 6) is 1.50. The molecule has 0 saturated carbocycles. The van der Waals surface area contributed by atoms with Gasteiger partial charge in [0.25, 0.3) is 0 Å². The highest BCUT2D eigenvalue weighted by Gasteiger charge is 2.12. The number of aryl methyl sites for hydroxylation is 2. The van der Waals surface area contributed by atoms with Crippen molar-refractivity contribution in [2.75, 3.05) is 20.8 Å². The molecular weight excluding hydrogens is 472 g/mol. The third-order valence-electron chi connectivity index (χ3n) is 6.13. The lowest BCUT2D eigenvalue weighted by Gasteiger charge is -2.09. The summed E-state index contributed by atoms with van der Waals surface area (Å²) in [5.41, 5.74) is 4.31. The third kappa shape index (κ3) is 6.17. The predicted octanol–water partition coefficient (Wildman–Crippen LogP) is 5.90. The van der Waals surface area contributed by atoms with Crippen LogP contribution in [0.15, 0.2) is 77.8 Å². The highest BCUT2D eigenvalue weighted by atomic mass is 32.2. The van der Waals surface area contributed by atoms with Gasteiger partial charge in [0.15, 0.2) is 0 Å². The normalized spacial score (nSPS) is 11.9. The molecule has 4 aromatic rings. The van der Waals surface area contributed by atoms with Crippen molar-refractivity contribution in [2.24, 2.45) is 0 Å². The summed E-state index contributed by atoms with van der Waals surface area (Å²) >= 11 is 0. The fraction of sp³-hybridized carbons (Fsp3) is 0.241. The van der Waals surface area contributed by atoms with Crippen LogP contribution in [0.1, 0.15) is 29.5 Å². The zero-order chi connectivity index (χ0) is 25.5. The van der Waals surface area contributed by atoms with Gasteiger partial charge in [0.05, 0.1) is 19.1 Å². The first-order valence-electron chi connectivity index (χ1n) is 11.9. The van der Waals surface area contributed by atoms with Gasteiger partial charge in [0.2, 0.25) is 10.0 Å². The van der Waals surface area contributed by atoms with Gasteiger partial charge >= 0.3 is 0 Å². The number of ether oxygens (including phenoxy) is 2. The lowest BCUT2D eigenvalue weighted by molar-refractivity contribution is 0.394. The van der Waals surface area contributed by atoms with Crippen molar-refractivity contribution in [1.82, 2.24) is 9.29 Å². The van der Waals surface area contributed by atoms with Crippen LogP contribution in [0.2, 0.25) is 0 Å². The number of methoxy groups -OCH3 is 2. The Balaban J connectivity index is 1.38. The fourth-order valence-corrected chi connectivity index (χ4v) is 5.19. The topological polar surface area (TPSA) is 69.6 Å². The average molecular weight is 505 g/mol. The number of benzene rings is 3. The molecule has 1 N–H and O–H groups in total. The number of rotatable bonds is 11. The Kier molecular flexibility index (Phi) is 8.13. The second-order valence-corrected chi connectivity index (χ2v) is 10.5. The summed E-state index contributed by atoms with van der Waals surface area (Å²) in [5, 5.41) is 1.17. The van der Waals surface area contributed by atoms with Crippen LogP contribution in [-0.2, 0) is 16.6 Å². The number of hydrogen-bond donors (Lipinski definition) is 1. The molecule has 4 rings (SSSR count). The molecule has 0 aliphatic rings. The lowest BCUT2D eigenvalue weighted by atomic mass is 10.1. The minimum Gasteiger partial charge on any atom is -0.497 e. The maximum Gasteiger partial charge on any atom is 0.240 e. The quantitative estimate of drug-likeness (QED) is 0.204. The molecule has 6 nitrogen and oxygen atoms in total. The van der Waals surface area contributed by atoms with E-state index in [0.29, 0.717) is 11.4 Å². The van der Waals surface area contributed by atoms with E-state index in [0.717, 1.165) is 53.1 Å². The number of nitrogens with zero attached hydrogens (tertiary/aromatic N) is 1. The Morgan fingerprint density at radius 3 is 2.31 bits per heavy atom. The van der Waals surface area contributed by atoms with Gasteiger partial charge in [-0.1, -0.05) is 42.0 Å². The van der Waals surface area contributed by atoms with E-state index in [1.54, 1.807) is 26.4 Å². The number of nitrogens with one attached hydrogen (secondary N) is 1. The zero-order valence-electron chi connectivity index (χ0n) is 20.9. The van der Waals surface area contributed by atoms with E-state index < -0.39 is 10.0 Å². The van der Waals surface area contributed by atoms with Crippen LogP contribution >= 0.6 is 0 Å². The maximum absolute atomic E-state index is 12.4. The Morgan fingerprint density at radius 1 is 0.889 bits per heavy atom. The Bertz CT molecular complexity index is 1430. The van der Waals surface area contributed by atoms with E-state index in [2.05, 4.69) is 51.9 Å². The molecule has 1 heterocycles. The second-order valence-electron chi connectivity index (χ2n) is 8.69. The van der Waals surface area contributed by atoms with E-state index in [-0.39, 0.29) is 0 Å². The highest BCUT2D eigenvalue weighted by Crippen LogP contribution is 2.26. The Morgan fingerprint density at radius 2 is 1.61 bits per heavy atom. The first-order valence-corrected chi connectivity index (χ1v) is 13.4. The number of sulfonamides is 1. The molecule has 0 saturated heterocycles. The van der Waals surface area contributed by atoms with Gasteiger partial charge in [-0.05, 0) is 67.3 Å². The number of fused-ring (bicyclic) bond motifs is 1. The van der Waals surface area contributed by atoms with Crippen LogP contribution in [0.4, 0.5) is 0 Å². The lowest BCUT2D eigenvalue weighted by Crippen LogP contribution is -2.25. The predicted molar refractivity (Wildman–Crippen MR) is 146 cm³/mol. The molecule has 0 unspecified atom stereocenters. The Labute approximate surface area is 213 Å². The molecule has 0 bridgehead atoms. The summed E-state index contributed by atoms with van der Waals surface area (Å²) in [6.45, 7) is 3.16. The van der Waals surface area contributed by atoms with Gasteiger partial charge in [-0.25, -0.2) is 13.1 Å². The molecule has 1 aromatic heterocycles. The fourth-order valence-electron chi connectivity index (χ4n) is 4.11. The van der Waals surface area contributed by atoms with Gasteiger partial charge in [0, 0.05) is 36.3 Å². The monoisotopic (exact) mass is 504 g/mol. The van der Waals surface area contributed by atoms with Crippen LogP contribution in [-0.4, -0.2) is 33.7 Å². The number of aromatic nitrogens is 1. The van der Waals surface area contributed by atoms with Crippen molar-refractivity contribution >= 4 is 33.1 Å². The SMILES string of the molecule is COc1cc(/C=C/c2cccc3c2ccn3CCCCNS(=O)(=O)c2ccc(C)cc2)cc(OC)c1. The van der Waals surface area contributed by atoms with Gasteiger partial charge in [0.1, 0.15) is 11.5 Å². The van der Waals surface area contributed by atoms with Gasteiger partial charge in [-0.3, -0.25) is 0 Å². The molecular formula is C29H32N2O4S. The van der Waals surface area contributed by atoms with Crippen molar-refractivity contribution < 1.29 is 17.9 Å². The molecule has 0 radical (unpaired) electrons. The molecule has 0 atom stereocenters. The Hall–Kier alpha value is -3.55. The average Bonchev–Trinajstić information content (AvgIpc) is 3.30. The smallest absolute Gasteiger partial charge is 0.240 e. The largest absolute Gasteiger partial charge is 0.497 e. The molecule has 188 valence electrons. The summed E-state index contributed by atoms with van der Waals surface area (Å²) < 4.78 is 40.6. The summed E-state index contributed by atoms with van der Waals surface area (Å²) in [7, 11) is -0.183. The molecule has 0 aliphatic carbocycles. The number of unbranched alkanes of at least 4 members (excludes halogenated alkanes) is 1. The minimum atomic E-state index is -3.47. The molecule has 0 aliphatic heterocycles. The summed E-state index contributed by atoms with van der Waals surface area (Å²) in [4.78, 5) is 0.303. The van der Waals surface area contributed by atoms with Gasteiger partial charge in [-0.15, -0.1) is 0 Å². The molecule has 0 spiro atoms. The van der Waals surface area contributed by atoms with E-state index in [4.69, 9.17) is 9.47 Å². The van der Waals surface area contributed by atoms with E-state index in [9.17, 15) is 8.42 Å². The van der Waals surface area contributed by atoms with Crippen LogP contribution in [0, 0.1) is 6.92 Å². The highest BCUT2D eigenvalue weighted by molar-refractivity contribution is 7.89. The van der Waals surface area contributed by atoms with Crippen LogP contribution in [0.5, 0.6) is 11.5 Å². The molecule has 7 heteroatoms. The van der Waals surface area contributed by atoms with E-state index >= 15 is 0 Å². The van der Waals surface area contributed by atoms with Crippen molar-refractivity contribution in [3.63, 3.8) is 0 Å². The van der Waals surface area contributed by atoms with Crippen LogP contribution in [0.3, 0.4) is 0 Å². The maximum atomic E-state index is 12.4. The van der Waals surface area contributed by atoms with Gasteiger partial charge in [-0.2, -0.15) is 0 Å². The van der Waals surface area contributed by atoms with E-state index in [1.807, 2.05) is 37.3 Å². The standard InChI is InChI=1S/C29H32N2O4S/c1-22-9-13-27(14-10-22)36(32,33)30-16-4-5-17-31-18-15-28-24(7-6-8-29(28)31)12-11-23-19-25(34-2)21-26(20-23)35-3/h6-15,18-21,30H,4-5,16-17H2,1-3H3/b12-11+. The minimum absolute atomic E-state index is 0.303. The van der Waals surface area contributed by atoms with Crippen molar-refractivity contribution in [3.05, 3.63) is 89.6 Å². The molecule has 3 aromatic carbocycles. The van der Waals surface area contributed by atoms with E-state index in [1.165, 1.54) is 5.39 Å². The van der Waals surface area contributed by atoms with Gasteiger partial charge < -0.3 is 14.0 Å². The summed E-state index contributed by atoms with van der Waals surface area (Å²) in [6.07, 6.45) is 7.86. The van der Waals surface area contributed by atoms with Crippen LogP contribution < -0.4 is 14.2 Å². The van der Waals surface area contributed by atoms with Crippen molar-refractivity contribution in [2.45, 2.75) is 31.2 Å². The first kappa shape index (κ1) is 25.5. The zero-order valence-corrected chi connectivity index (χ0v) is 21.7.